The van der Waals surface area contributed by atoms with Crippen molar-refractivity contribution in [2.24, 2.45) is 5.92 Å². The fraction of sp³-hybridized carbons (Fsp3) is 0.524. The molecule has 1 aliphatic rings. The average Bonchev–Trinajstić information content (AvgIpc) is 3.20. The first kappa shape index (κ1) is 18.6. The Morgan fingerprint density at radius 2 is 1.92 bits per heavy atom. The predicted molar refractivity (Wildman–Crippen MR) is 102 cm³/mol. The summed E-state index contributed by atoms with van der Waals surface area (Å²) in [5, 5.41) is 13.7. The third kappa shape index (κ3) is 3.98. The van der Waals surface area contributed by atoms with Crippen LogP contribution in [-0.4, -0.2) is 38.8 Å². The van der Waals surface area contributed by atoms with E-state index in [2.05, 4.69) is 31.1 Å². The Morgan fingerprint density at radius 1 is 1.23 bits per heavy atom. The first-order valence-electron chi connectivity index (χ1n) is 9.51. The summed E-state index contributed by atoms with van der Waals surface area (Å²) in [7, 11) is 0. The highest BCUT2D eigenvalue weighted by Crippen LogP contribution is 2.22. The fourth-order valence-electron chi connectivity index (χ4n) is 3.97. The Hall–Kier alpha value is -2.14. The van der Waals surface area contributed by atoms with E-state index in [4.69, 9.17) is 5.11 Å². The number of carbonyl (C=O) groups excluding carboxylic acids is 1. The number of benzene rings is 1. The summed E-state index contributed by atoms with van der Waals surface area (Å²) in [6, 6.07) is 8.11. The summed E-state index contributed by atoms with van der Waals surface area (Å²) in [5.41, 5.74) is 5.60. The predicted octanol–water partition coefficient (Wildman–Crippen LogP) is 2.65. The van der Waals surface area contributed by atoms with Crippen LogP contribution in [0.4, 0.5) is 0 Å². The van der Waals surface area contributed by atoms with Gasteiger partial charge in [-0.15, -0.1) is 0 Å². The van der Waals surface area contributed by atoms with Crippen molar-refractivity contribution in [2.45, 2.75) is 53.2 Å². The van der Waals surface area contributed by atoms with Crippen molar-refractivity contribution in [3.63, 3.8) is 0 Å². The smallest absolute Gasteiger partial charge is 0.244 e. The minimum Gasteiger partial charge on any atom is -0.392 e. The maximum Gasteiger partial charge on any atom is 0.244 e. The van der Waals surface area contributed by atoms with E-state index in [-0.39, 0.29) is 12.5 Å². The number of nitrogens with zero attached hydrogens (tertiary/aromatic N) is 3. The minimum absolute atomic E-state index is 0.0814. The van der Waals surface area contributed by atoms with E-state index in [0.29, 0.717) is 12.5 Å². The number of likely N-dealkylation sites (tertiary alicyclic amines) is 1. The molecule has 5 heteroatoms. The Morgan fingerprint density at radius 3 is 2.54 bits per heavy atom. The van der Waals surface area contributed by atoms with E-state index in [9.17, 15) is 4.79 Å². The molecular formula is C21H29N3O2. The standard InChI is InChI=1S/C21H29N3O2/c1-4-20-15(2)22-24(16(20)3)13-21(26)23-10-9-19(12-23)11-17-5-7-18(14-25)8-6-17/h5-8,19,25H,4,9-14H2,1-3H3/t19-/m0/s1. The molecule has 1 aliphatic heterocycles. The number of aryl methyl sites for hydroxylation is 1. The number of hydrogen-bond acceptors (Lipinski definition) is 3. The summed E-state index contributed by atoms with van der Waals surface area (Å²) >= 11 is 0. The van der Waals surface area contributed by atoms with Crippen molar-refractivity contribution in [2.75, 3.05) is 13.1 Å². The highest BCUT2D eigenvalue weighted by Gasteiger charge is 2.27. The largest absolute Gasteiger partial charge is 0.392 e. The first-order valence-corrected chi connectivity index (χ1v) is 9.51. The molecule has 5 nitrogen and oxygen atoms in total. The van der Waals surface area contributed by atoms with E-state index >= 15 is 0 Å². The van der Waals surface area contributed by atoms with Crippen molar-refractivity contribution in [1.29, 1.82) is 0 Å². The second kappa shape index (κ2) is 8.04. The molecule has 0 spiro atoms. The van der Waals surface area contributed by atoms with Crippen molar-refractivity contribution in [1.82, 2.24) is 14.7 Å². The summed E-state index contributed by atoms with van der Waals surface area (Å²) in [6.07, 6.45) is 2.98. The molecule has 2 heterocycles. The van der Waals surface area contributed by atoms with Gasteiger partial charge < -0.3 is 10.0 Å². The van der Waals surface area contributed by atoms with Crippen LogP contribution in [0.5, 0.6) is 0 Å². The van der Waals surface area contributed by atoms with Crippen LogP contribution in [0.3, 0.4) is 0 Å². The molecule has 1 atom stereocenters. The molecule has 0 bridgehead atoms. The molecule has 0 radical (unpaired) electrons. The van der Waals surface area contributed by atoms with Gasteiger partial charge in [-0.25, -0.2) is 0 Å². The molecule has 0 unspecified atom stereocenters. The number of amides is 1. The second-order valence-corrected chi connectivity index (χ2v) is 7.33. The van der Waals surface area contributed by atoms with Gasteiger partial charge in [-0.05, 0) is 55.7 Å². The summed E-state index contributed by atoms with van der Waals surface area (Å²) in [6.45, 7) is 8.26. The second-order valence-electron chi connectivity index (χ2n) is 7.33. The molecule has 2 aromatic rings. The highest BCUT2D eigenvalue weighted by atomic mass is 16.3. The molecule has 26 heavy (non-hydrogen) atoms. The third-order valence-corrected chi connectivity index (χ3v) is 5.54. The number of rotatable bonds is 6. The molecule has 0 aliphatic carbocycles. The van der Waals surface area contributed by atoms with Crippen molar-refractivity contribution < 1.29 is 9.90 Å². The van der Waals surface area contributed by atoms with Crippen LogP contribution in [0, 0.1) is 19.8 Å². The van der Waals surface area contributed by atoms with Gasteiger partial charge in [0.25, 0.3) is 0 Å². The number of aliphatic hydroxyl groups is 1. The molecule has 1 saturated heterocycles. The monoisotopic (exact) mass is 355 g/mol. The average molecular weight is 355 g/mol. The van der Waals surface area contributed by atoms with Crippen molar-refractivity contribution >= 4 is 5.91 Å². The molecule has 0 saturated carbocycles. The van der Waals surface area contributed by atoms with Crippen LogP contribution in [0.25, 0.3) is 0 Å². The lowest BCUT2D eigenvalue weighted by Gasteiger charge is -2.17. The van der Waals surface area contributed by atoms with Crippen LogP contribution in [0.1, 0.15) is 41.4 Å². The van der Waals surface area contributed by atoms with Crippen LogP contribution >= 0.6 is 0 Å². The Kier molecular flexibility index (Phi) is 5.77. The van der Waals surface area contributed by atoms with E-state index in [1.807, 2.05) is 28.6 Å². The third-order valence-electron chi connectivity index (χ3n) is 5.54. The molecule has 3 rings (SSSR count). The molecule has 1 amide bonds. The van der Waals surface area contributed by atoms with Gasteiger partial charge in [0.05, 0.1) is 12.3 Å². The van der Waals surface area contributed by atoms with Gasteiger partial charge in [0.1, 0.15) is 6.54 Å². The minimum atomic E-state index is 0.0814. The lowest BCUT2D eigenvalue weighted by molar-refractivity contribution is -0.131. The summed E-state index contributed by atoms with van der Waals surface area (Å²) in [4.78, 5) is 14.7. The van der Waals surface area contributed by atoms with E-state index in [0.717, 1.165) is 49.3 Å². The zero-order valence-corrected chi connectivity index (χ0v) is 16.0. The van der Waals surface area contributed by atoms with Crippen molar-refractivity contribution in [3.05, 3.63) is 52.3 Å². The molecule has 1 N–H and O–H groups in total. The van der Waals surface area contributed by atoms with E-state index in [1.165, 1.54) is 11.1 Å². The SMILES string of the molecule is CCc1c(C)nn(CC(=O)N2CC[C@@H](Cc3ccc(CO)cc3)C2)c1C. The van der Waals surface area contributed by atoms with Gasteiger partial charge in [-0.1, -0.05) is 31.2 Å². The van der Waals surface area contributed by atoms with E-state index in [1.54, 1.807) is 0 Å². The zero-order chi connectivity index (χ0) is 18.7. The Labute approximate surface area is 155 Å². The van der Waals surface area contributed by atoms with Gasteiger partial charge in [-0.3, -0.25) is 9.48 Å². The van der Waals surface area contributed by atoms with Gasteiger partial charge in [0.2, 0.25) is 5.91 Å². The number of aromatic nitrogens is 2. The van der Waals surface area contributed by atoms with Crippen LogP contribution in [0.15, 0.2) is 24.3 Å². The zero-order valence-electron chi connectivity index (χ0n) is 16.0. The van der Waals surface area contributed by atoms with Crippen LogP contribution < -0.4 is 0 Å². The Balaban J connectivity index is 1.57. The quantitative estimate of drug-likeness (QED) is 0.867. The van der Waals surface area contributed by atoms with E-state index < -0.39 is 0 Å². The maximum absolute atomic E-state index is 12.7. The topological polar surface area (TPSA) is 58.4 Å². The lowest BCUT2D eigenvalue weighted by atomic mass is 9.98. The first-order chi connectivity index (χ1) is 12.5. The van der Waals surface area contributed by atoms with Crippen LogP contribution in [0.2, 0.25) is 0 Å². The fourth-order valence-corrected chi connectivity index (χ4v) is 3.97. The summed E-state index contributed by atoms with van der Waals surface area (Å²) in [5.74, 6) is 0.668. The van der Waals surface area contributed by atoms with Gasteiger partial charge in [0, 0.05) is 18.8 Å². The molecule has 1 fully saturated rings. The number of carbonyl (C=O) groups is 1. The normalized spacial score (nSPS) is 17.1. The molecule has 1 aromatic carbocycles. The lowest BCUT2D eigenvalue weighted by Crippen LogP contribution is -2.32. The van der Waals surface area contributed by atoms with Crippen molar-refractivity contribution in [3.8, 4) is 0 Å². The highest BCUT2D eigenvalue weighted by molar-refractivity contribution is 5.76. The maximum atomic E-state index is 12.7. The molecular weight excluding hydrogens is 326 g/mol. The van der Waals surface area contributed by atoms with Gasteiger partial charge in [0.15, 0.2) is 0 Å². The molecule has 1 aromatic heterocycles. The number of aliphatic hydroxyl groups excluding tert-OH is 1. The summed E-state index contributed by atoms with van der Waals surface area (Å²) < 4.78 is 1.86. The van der Waals surface area contributed by atoms with Gasteiger partial charge >= 0.3 is 0 Å². The Bertz CT molecular complexity index is 764. The molecule has 140 valence electrons. The number of hydrogen-bond donors (Lipinski definition) is 1. The van der Waals surface area contributed by atoms with Gasteiger partial charge in [-0.2, -0.15) is 5.10 Å². The van der Waals surface area contributed by atoms with Crippen LogP contribution in [-0.2, 0) is 30.8 Å².